The minimum atomic E-state index is 0.847. The van der Waals surface area contributed by atoms with E-state index < -0.39 is 0 Å². The van der Waals surface area contributed by atoms with Crippen molar-refractivity contribution in [3.05, 3.63) is 212 Å². The minimum Gasteiger partial charge on any atom is -0.455 e. The van der Waals surface area contributed by atoms with Gasteiger partial charge in [-0.3, -0.25) is 0 Å². The third-order valence-corrected chi connectivity index (χ3v) is 11.9. The smallest absolute Gasteiger partial charge is 0.159 e. The Kier molecular flexibility index (Phi) is 7.54. The van der Waals surface area contributed by atoms with Gasteiger partial charge in [-0.15, -0.1) is 0 Å². The summed E-state index contributed by atoms with van der Waals surface area (Å²) in [7, 11) is 0. The SMILES string of the molecule is c1ccc(N(c2ccc(-c3ccc(-c4cccc5ccccc45)cc3)cc2)c2cccc3c2oc2ccccc23)c(-c2ccc3oc4c5ccccc5ccc4c3c2)c1. The summed E-state index contributed by atoms with van der Waals surface area (Å²) in [6, 6.07) is 75.7. The minimum absolute atomic E-state index is 0.847. The van der Waals surface area contributed by atoms with Crippen LogP contribution in [-0.4, -0.2) is 0 Å². The molecule has 0 saturated heterocycles. The first-order valence-corrected chi connectivity index (χ1v) is 20.1. The number of para-hydroxylation sites is 3. The molecule has 0 fully saturated rings. The van der Waals surface area contributed by atoms with Gasteiger partial charge in [0.1, 0.15) is 16.7 Å². The van der Waals surface area contributed by atoms with Gasteiger partial charge in [0.2, 0.25) is 0 Å². The molecule has 3 heteroatoms. The first-order chi connectivity index (χ1) is 29.2. The van der Waals surface area contributed by atoms with Gasteiger partial charge < -0.3 is 13.7 Å². The summed E-state index contributed by atoms with van der Waals surface area (Å²) in [5.74, 6) is 0. The number of furan rings is 2. The first kappa shape index (κ1) is 33.3. The maximum absolute atomic E-state index is 6.70. The lowest BCUT2D eigenvalue weighted by atomic mass is 9.96. The number of anilines is 3. The number of hydrogen-bond acceptors (Lipinski definition) is 3. The molecule has 276 valence electrons. The van der Waals surface area contributed by atoms with E-state index in [0.717, 1.165) is 83.0 Å². The van der Waals surface area contributed by atoms with Crippen LogP contribution in [0, 0.1) is 0 Å². The molecule has 0 amide bonds. The summed E-state index contributed by atoms with van der Waals surface area (Å²) < 4.78 is 13.2. The van der Waals surface area contributed by atoms with Crippen LogP contribution in [0.4, 0.5) is 17.1 Å². The zero-order valence-corrected chi connectivity index (χ0v) is 32.0. The maximum atomic E-state index is 6.70. The standard InChI is InChI=1S/C56H35NO2/c1-3-14-43-38(11-1)13-9-18-44(43)40-25-23-36(24-26-40)37-27-31-42(32-28-37)57(52-21-10-19-48-47-17-6-8-22-53(47)59-56(48)52)51-20-7-5-15-45(51)41-30-34-54-50(35-41)49-33-29-39-12-2-4-16-46(39)55(49)58-54/h1-35H. The second-order valence-corrected chi connectivity index (χ2v) is 15.2. The van der Waals surface area contributed by atoms with Gasteiger partial charge in [0.05, 0.1) is 11.4 Å². The fourth-order valence-electron chi connectivity index (χ4n) is 9.02. The largest absolute Gasteiger partial charge is 0.455 e. The molecule has 2 heterocycles. The van der Waals surface area contributed by atoms with Crippen molar-refractivity contribution in [1.29, 1.82) is 0 Å². The van der Waals surface area contributed by atoms with Crippen LogP contribution in [0.1, 0.15) is 0 Å². The van der Waals surface area contributed by atoms with E-state index in [9.17, 15) is 0 Å². The number of benzene rings is 10. The van der Waals surface area contributed by atoms with Crippen molar-refractivity contribution in [1.82, 2.24) is 0 Å². The zero-order valence-electron chi connectivity index (χ0n) is 32.0. The molecule has 0 aliphatic carbocycles. The van der Waals surface area contributed by atoms with Gasteiger partial charge in [0.15, 0.2) is 5.58 Å². The van der Waals surface area contributed by atoms with Gasteiger partial charge in [-0.2, -0.15) is 0 Å². The van der Waals surface area contributed by atoms with Crippen molar-refractivity contribution in [3.8, 4) is 33.4 Å². The molecule has 0 saturated carbocycles. The van der Waals surface area contributed by atoms with Crippen LogP contribution in [0.25, 0.3) is 98.8 Å². The Labute approximate surface area is 340 Å². The second kappa shape index (κ2) is 13.4. The molecule has 12 aromatic rings. The lowest BCUT2D eigenvalue weighted by Crippen LogP contribution is -2.11. The van der Waals surface area contributed by atoms with Crippen molar-refractivity contribution in [2.75, 3.05) is 4.90 Å². The van der Waals surface area contributed by atoms with Crippen LogP contribution in [0.15, 0.2) is 221 Å². The molecule has 0 bridgehead atoms. The quantitative estimate of drug-likeness (QED) is 0.169. The predicted octanol–water partition coefficient (Wildman–Crippen LogP) is 16.3. The first-order valence-electron chi connectivity index (χ1n) is 20.1. The molecule has 0 aliphatic heterocycles. The van der Waals surface area contributed by atoms with Crippen LogP contribution in [-0.2, 0) is 0 Å². The third kappa shape index (κ3) is 5.44. The van der Waals surface area contributed by atoms with Crippen molar-refractivity contribution < 1.29 is 8.83 Å². The summed E-state index contributed by atoms with van der Waals surface area (Å²) in [6.07, 6.45) is 0. The number of fused-ring (bicyclic) bond motifs is 9. The fourth-order valence-corrected chi connectivity index (χ4v) is 9.02. The molecule has 0 atom stereocenters. The van der Waals surface area contributed by atoms with Crippen LogP contribution in [0.3, 0.4) is 0 Å². The lowest BCUT2D eigenvalue weighted by molar-refractivity contribution is 0.669. The van der Waals surface area contributed by atoms with Gasteiger partial charge >= 0.3 is 0 Å². The number of rotatable bonds is 6. The Morgan fingerprint density at radius 3 is 1.68 bits per heavy atom. The molecule has 0 aliphatic rings. The molecular formula is C56H35NO2. The number of nitrogens with zero attached hydrogens (tertiary/aromatic N) is 1. The molecule has 0 unspecified atom stereocenters. The van der Waals surface area contributed by atoms with E-state index >= 15 is 0 Å². The highest BCUT2D eigenvalue weighted by Gasteiger charge is 2.23. The summed E-state index contributed by atoms with van der Waals surface area (Å²) >= 11 is 0. The molecule has 59 heavy (non-hydrogen) atoms. The van der Waals surface area contributed by atoms with Gasteiger partial charge in [-0.1, -0.05) is 164 Å². The van der Waals surface area contributed by atoms with E-state index in [1.807, 2.05) is 12.1 Å². The normalized spacial score (nSPS) is 11.7. The highest BCUT2D eigenvalue weighted by Crippen LogP contribution is 2.46. The zero-order chi connectivity index (χ0) is 38.9. The van der Waals surface area contributed by atoms with E-state index in [0.29, 0.717) is 0 Å². The summed E-state index contributed by atoms with van der Waals surface area (Å²) in [5.41, 5.74) is 13.5. The Hall–Kier alpha value is -7.88. The van der Waals surface area contributed by atoms with Crippen molar-refractivity contribution in [2.24, 2.45) is 0 Å². The second-order valence-electron chi connectivity index (χ2n) is 15.2. The van der Waals surface area contributed by atoms with E-state index in [1.54, 1.807) is 0 Å². The summed E-state index contributed by atoms with van der Waals surface area (Å²) in [5, 5.41) is 9.20. The van der Waals surface area contributed by atoms with Crippen LogP contribution < -0.4 is 4.90 Å². The van der Waals surface area contributed by atoms with Crippen molar-refractivity contribution in [3.63, 3.8) is 0 Å². The Morgan fingerprint density at radius 2 is 0.831 bits per heavy atom. The molecule has 10 aromatic carbocycles. The monoisotopic (exact) mass is 753 g/mol. The average Bonchev–Trinajstić information content (AvgIpc) is 3.88. The lowest BCUT2D eigenvalue weighted by Gasteiger charge is -2.28. The maximum Gasteiger partial charge on any atom is 0.159 e. The highest BCUT2D eigenvalue weighted by atomic mass is 16.3. The molecule has 0 N–H and O–H groups in total. The van der Waals surface area contributed by atoms with Crippen molar-refractivity contribution in [2.45, 2.75) is 0 Å². The topological polar surface area (TPSA) is 29.5 Å². The molecule has 0 spiro atoms. The Bertz CT molecular complexity index is 3550. The van der Waals surface area contributed by atoms with Gasteiger partial charge in [0, 0.05) is 38.2 Å². The van der Waals surface area contributed by atoms with Gasteiger partial charge in [-0.25, -0.2) is 0 Å². The van der Waals surface area contributed by atoms with Crippen LogP contribution >= 0.6 is 0 Å². The number of hydrogen-bond donors (Lipinski definition) is 0. The van der Waals surface area contributed by atoms with E-state index in [2.05, 4.69) is 205 Å². The predicted molar refractivity (Wildman–Crippen MR) is 247 cm³/mol. The summed E-state index contributed by atoms with van der Waals surface area (Å²) in [4.78, 5) is 2.35. The van der Waals surface area contributed by atoms with Crippen LogP contribution in [0.2, 0.25) is 0 Å². The Morgan fingerprint density at radius 1 is 0.288 bits per heavy atom. The highest BCUT2D eigenvalue weighted by molar-refractivity contribution is 6.16. The molecule has 12 rings (SSSR count). The van der Waals surface area contributed by atoms with Gasteiger partial charge in [-0.05, 0) is 92.5 Å². The van der Waals surface area contributed by atoms with Gasteiger partial charge in [0.25, 0.3) is 0 Å². The van der Waals surface area contributed by atoms with E-state index in [4.69, 9.17) is 8.83 Å². The fraction of sp³-hybridized carbons (Fsp3) is 0. The summed E-state index contributed by atoms with van der Waals surface area (Å²) in [6.45, 7) is 0. The third-order valence-electron chi connectivity index (χ3n) is 11.9. The van der Waals surface area contributed by atoms with Crippen molar-refractivity contribution >= 4 is 82.5 Å². The Balaban J connectivity index is 0.994. The molecule has 2 aromatic heterocycles. The molecular weight excluding hydrogens is 719 g/mol. The average molecular weight is 754 g/mol. The van der Waals surface area contributed by atoms with E-state index in [1.165, 1.54) is 32.8 Å². The van der Waals surface area contributed by atoms with Crippen LogP contribution in [0.5, 0.6) is 0 Å². The molecule has 3 nitrogen and oxygen atoms in total. The van der Waals surface area contributed by atoms with E-state index in [-0.39, 0.29) is 0 Å². The molecule has 0 radical (unpaired) electrons.